The van der Waals surface area contributed by atoms with Crippen LogP contribution in [0.25, 0.3) is 0 Å². The van der Waals surface area contributed by atoms with Crippen LogP contribution >= 0.6 is 0 Å². The maximum atomic E-state index is 5.80. The van der Waals surface area contributed by atoms with Crippen LogP contribution in [0, 0.1) is 5.92 Å². The highest BCUT2D eigenvalue weighted by Crippen LogP contribution is 2.22. The van der Waals surface area contributed by atoms with Gasteiger partial charge in [0.25, 0.3) is 0 Å². The van der Waals surface area contributed by atoms with E-state index in [4.69, 9.17) is 10.5 Å². The number of fused-ring (bicyclic) bond motifs is 1. The van der Waals surface area contributed by atoms with Gasteiger partial charge in [0.2, 0.25) is 0 Å². The van der Waals surface area contributed by atoms with Gasteiger partial charge in [0.05, 0.1) is 6.10 Å². The number of nitrogens with two attached hydrogens (primary N) is 1. The molecule has 2 N–H and O–H groups in total. The van der Waals surface area contributed by atoms with Crippen molar-refractivity contribution >= 4 is 0 Å². The van der Waals surface area contributed by atoms with Crippen molar-refractivity contribution in [3.05, 3.63) is 11.6 Å². The van der Waals surface area contributed by atoms with E-state index in [1.54, 1.807) is 0 Å². The standard InChI is InChI=1S/C14H24N4O/c15-9-11-4-6-13-16-17-14(18(13)10-11)7-5-12-3-1-2-8-19-12/h11-12H,1-10,15H2. The first-order valence-electron chi connectivity index (χ1n) is 7.59. The van der Waals surface area contributed by atoms with Crippen LogP contribution in [0.2, 0.25) is 0 Å². The lowest BCUT2D eigenvalue weighted by Gasteiger charge is -2.24. The first-order valence-corrected chi connectivity index (χ1v) is 7.59. The molecule has 0 aliphatic carbocycles. The van der Waals surface area contributed by atoms with Gasteiger partial charge in [-0.3, -0.25) is 0 Å². The molecule has 0 bridgehead atoms. The van der Waals surface area contributed by atoms with Crippen LogP contribution in [0.4, 0.5) is 0 Å². The lowest BCUT2D eigenvalue weighted by Crippen LogP contribution is -2.28. The quantitative estimate of drug-likeness (QED) is 0.890. The minimum Gasteiger partial charge on any atom is -0.378 e. The van der Waals surface area contributed by atoms with E-state index in [2.05, 4.69) is 14.8 Å². The van der Waals surface area contributed by atoms with Crippen LogP contribution < -0.4 is 5.73 Å². The Bertz CT molecular complexity index is 412. The molecule has 2 aliphatic rings. The summed E-state index contributed by atoms with van der Waals surface area (Å²) in [4.78, 5) is 0. The molecule has 2 unspecified atom stereocenters. The predicted octanol–water partition coefficient (Wildman–Crippen LogP) is 1.30. The summed E-state index contributed by atoms with van der Waals surface area (Å²) >= 11 is 0. The molecule has 2 atom stereocenters. The maximum absolute atomic E-state index is 5.80. The summed E-state index contributed by atoms with van der Waals surface area (Å²) < 4.78 is 8.08. The molecule has 19 heavy (non-hydrogen) atoms. The zero-order valence-corrected chi connectivity index (χ0v) is 11.6. The average molecular weight is 264 g/mol. The van der Waals surface area contributed by atoms with Crippen LogP contribution in [0.15, 0.2) is 0 Å². The Morgan fingerprint density at radius 1 is 1.26 bits per heavy atom. The normalized spacial score (nSPS) is 27.2. The number of hydrogen-bond donors (Lipinski definition) is 1. The summed E-state index contributed by atoms with van der Waals surface area (Å²) in [5, 5.41) is 8.69. The molecule has 0 saturated carbocycles. The monoisotopic (exact) mass is 264 g/mol. The number of ether oxygens (including phenoxy) is 1. The Labute approximate surface area is 114 Å². The van der Waals surface area contributed by atoms with Crippen molar-refractivity contribution in [2.75, 3.05) is 13.2 Å². The molecule has 106 valence electrons. The molecule has 2 aliphatic heterocycles. The Kier molecular flexibility index (Phi) is 4.13. The first kappa shape index (κ1) is 13.1. The van der Waals surface area contributed by atoms with E-state index in [1.807, 2.05) is 0 Å². The van der Waals surface area contributed by atoms with E-state index in [-0.39, 0.29) is 0 Å². The van der Waals surface area contributed by atoms with Gasteiger partial charge in [-0.2, -0.15) is 0 Å². The van der Waals surface area contributed by atoms with Crippen molar-refractivity contribution in [3.63, 3.8) is 0 Å². The van der Waals surface area contributed by atoms with Gasteiger partial charge in [-0.1, -0.05) is 0 Å². The van der Waals surface area contributed by atoms with Crippen molar-refractivity contribution in [3.8, 4) is 0 Å². The number of aryl methyl sites for hydroxylation is 2. The SMILES string of the molecule is NCC1CCc2nnc(CCC3CCCCO3)n2C1. The zero-order chi connectivity index (χ0) is 13.1. The smallest absolute Gasteiger partial charge is 0.133 e. The molecule has 0 aromatic carbocycles. The van der Waals surface area contributed by atoms with Gasteiger partial charge >= 0.3 is 0 Å². The van der Waals surface area contributed by atoms with Crippen LogP contribution in [0.1, 0.15) is 43.8 Å². The fourth-order valence-corrected chi connectivity index (χ4v) is 3.15. The van der Waals surface area contributed by atoms with E-state index >= 15 is 0 Å². The summed E-state index contributed by atoms with van der Waals surface area (Å²) in [5.74, 6) is 2.86. The Morgan fingerprint density at radius 3 is 3.00 bits per heavy atom. The van der Waals surface area contributed by atoms with Crippen molar-refractivity contribution < 1.29 is 4.74 Å². The first-order chi connectivity index (χ1) is 9.36. The van der Waals surface area contributed by atoms with Gasteiger partial charge in [0.1, 0.15) is 11.6 Å². The second-order valence-corrected chi connectivity index (χ2v) is 5.81. The molecule has 0 amide bonds. The van der Waals surface area contributed by atoms with Crippen LogP contribution in [-0.4, -0.2) is 34.0 Å². The number of hydrogen-bond acceptors (Lipinski definition) is 4. The second-order valence-electron chi connectivity index (χ2n) is 5.81. The molecular formula is C14H24N4O. The van der Waals surface area contributed by atoms with Gasteiger partial charge in [-0.25, -0.2) is 0 Å². The van der Waals surface area contributed by atoms with Crippen molar-refractivity contribution in [1.82, 2.24) is 14.8 Å². The summed E-state index contributed by atoms with van der Waals surface area (Å²) in [6.45, 7) is 2.69. The summed E-state index contributed by atoms with van der Waals surface area (Å²) in [7, 11) is 0. The summed E-state index contributed by atoms with van der Waals surface area (Å²) in [6, 6.07) is 0. The third-order valence-corrected chi connectivity index (χ3v) is 4.42. The molecule has 1 aromatic heterocycles. The van der Waals surface area contributed by atoms with Gasteiger partial charge in [-0.15, -0.1) is 10.2 Å². The van der Waals surface area contributed by atoms with Crippen molar-refractivity contribution in [2.24, 2.45) is 11.7 Å². The average Bonchev–Trinajstić information content (AvgIpc) is 2.88. The number of aromatic nitrogens is 3. The van der Waals surface area contributed by atoms with Gasteiger partial charge < -0.3 is 15.0 Å². The highest BCUT2D eigenvalue weighted by Gasteiger charge is 2.22. The molecule has 1 fully saturated rings. The highest BCUT2D eigenvalue weighted by molar-refractivity contribution is 5.00. The van der Waals surface area contributed by atoms with Crippen LogP contribution in [0.5, 0.6) is 0 Å². The number of rotatable bonds is 4. The third kappa shape index (κ3) is 2.98. The van der Waals surface area contributed by atoms with Crippen molar-refractivity contribution in [2.45, 2.75) is 57.6 Å². The third-order valence-electron chi connectivity index (χ3n) is 4.42. The second kappa shape index (κ2) is 6.01. The lowest BCUT2D eigenvalue weighted by atomic mass is 9.99. The fraction of sp³-hybridized carbons (Fsp3) is 0.857. The predicted molar refractivity (Wildman–Crippen MR) is 72.8 cm³/mol. The Hall–Kier alpha value is -0.940. The molecule has 5 heteroatoms. The molecule has 3 heterocycles. The van der Waals surface area contributed by atoms with E-state index in [9.17, 15) is 0 Å². The van der Waals surface area contributed by atoms with E-state index in [1.165, 1.54) is 19.3 Å². The number of nitrogens with zero attached hydrogens (tertiary/aromatic N) is 3. The largest absolute Gasteiger partial charge is 0.378 e. The van der Waals surface area contributed by atoms with Gasteiger partial charge in [-0.05, 0) is 44.6 Å². The minimum atomic E-state index is 0.426. The molecule has 0 spiro atoms. The molecule has 1 saturated heterocycles. The zero-order valence-electron chi connectivity index (χ0n) is 11.6. The van der Waals surface area contributed by atoms with E-state index < -0.39 is 0 Å². The summed E-state index contributed by atoms with van der Waals surface area (Å²) in [6.07, 6.45) is 8.38. The molecular weight excluding hydrogens is 240 g/mol. The van der Waals surface area contributed by atoms with Gasteiger partial charge in [0, 0.05) is 26.0 Å². The maximum Gasteiger partial charge on any atom is 0.133 e. The lowest BCUT2D eigenvalue weighted by molar-refractivity contribution is 0.0110. The molecule has 5 nitrogen and oxygen atoms in total. The molecule has 3 rings (SSSR count). The minimum absolute atomic E-state index is 0.426. The molecule has 0 radical (unpaired) electrons. The Balaban J connectivity index is 1.60. The fourth-order valence-electron chi connectivity index (χ4n) is 3.15. The van der Waals surface area contributed by atoms with Crippen molar-refractivity contribution in [1.29, 1.82) is 0 Å². The van der Waals surface area contributed by atoms with Crippen LogP contribution in [0.3, 0.4) is 0 Å². The summed E-state index contributed by atoms with van der Waals surface area (Å²) in [5.41, 5.74) is 5.80. The van der Waals surface area contributed by atoms with E-state index in [0.717, 1.165) is 57.0 Å². The van der Waals surface area contributed by atoms with Crippen LogP contribution in [-0.2, 0) is 24.1 Å². The van der Waals surface area contributed by atoms with E-state index in [0.29, 0.717) is 12.0 Å². The topological polar surface area (TPSA) is 66.0 Å². The Morgan fingerprint density at radius 2 is 2.21 bits per heavy atom. The molecule has 1 aromatic rings. The highest BCUT2D eigenvalue weighted by atomic mass is 16.5. The van der Waals surface area contributed by atoms with Gasteiger partial charge in [0.15, 0.2) is 0 Å².